The fraction of sp³-hybridized carbons (Fsp3) is 0.333. The van der Waals surface area contributed by atoms with Gasteiger partial charge in [-0.15, -0.1) is 0 Å². The van der Waals surface area contributed by atoms with Gasteiger partial charge < -0.3 is 14.9 Å². The first kappa shape index (κ1) is 8.71. The third-order valence-electron chi connectivity index (χ3n) is 2.02. The fourth-order valence-corrected chi connectivity index (χ4v) is 1.01. The molecule has 1 rings (SSSR count). The van der Waals surface area contributed by atoms with E-state index in [4.69, 9.17) is 4.74 Å². The molecule has 0 bridgehead atoms. The molecule has 12 heavy (non-hydrogen) atoms. The van der Waals surface area contributed by atoms with Crippen molar-refractivity contribution in [3.63, 3.8) is 0 Å². The van der Waals surface area contributed by atoms with Crippen LogP contribution < -0.4 is 4.74 Å². The number of ether oxygens (including phenoxy) is 1. The maximum atomic E-state index is 9.47. The summed E-state index contributed by atoms with van der Waals surface area (Å²) in [6.45, 7) is 3.47. The standard InChI is InChI=1S/C9H12O3/c1-5-6(2)9(11)8(12-3)4-7(5)10/h4,10-11H,1-3H3. The Labute approximate surface area is 71.2 Å². The van der Waals surface area contributed by atoms with Crippen LogP contribution in [0, 0.1) is 13.8 Å². The van der Waals surface area contributed by atoms with Gasteiger partial charge in [0.25, 0.3) is 0 Å². The molecule has 66 valence electrons. The van der Waals surface area contributed by atoms with Gasteiger partial charge >= 0.3 is 0 Å². The van der Waals surface area contributed by atoms with Crippen LogP contribution in [0.25, 0.3) is 0 Å². The molecule has 0 spiro atoms. The summed E-state index contributed by atoms with van der Waals surface area (Å²) in [7, 11) is 1.45. The SMILES string of the molecule is COc1cc(O)c(C)c(C)c1O. The van der Waals surface area contributed by atoms with Crippen molar-refractivity contribution in [2.45, 2.75) is 13.8 Å². The minimum Gasteiger partial charge on any atom is -0.508 e. The maximum absolute atomic E-state index is 9.47. The average Bonchev–Trinajstić information content (AvgIpc) is 2.08. The average molecular weight is 168 g/mol. The summed E-state index contributed by atoms with van der Waals surface area (Å²) in [6.07, 6.45) is 0. The zero-order valence-corrected chi connectivity index (χ0v) is 7.38. The van der Waals surface area contributed by atoms with Crippen LogP contribution in [0.3, 0.4) is 0 Å². The monoisotopic (exact) mass is 168 g/mol. The van der Waals surface area contributed by atoms with Gasteiger partial charge in [-0.3, -0.25) is 0 Å². The van der Waals surface area contributed by atoms with Gasteiger partial charge in [0.1, 0.15) is 5.75 Å². The molecule has 0 aromatic heterocycles. The summed E-state index contributed by atoms with van der Waals surface area (Å²) in [5.74, 6) is 0.533. The lowest BCUT2D eigenvalue weighted by molar-refractivity contribution is 0.366. The highest BCUT2D eigenvalue weighted by Gasteiger charge is 2.10. The molecule has 1 aromatic rings. The Hall–Kier alpha value is -1.38. The van der Waals surface area contributed by atoms with Crippen molar-refractivity contribution in [1.82, 2.24) is 0 Å². The number of rotatable bonds is 1. The summed E-state index contributed by atoms with van der Waals surface area (Å²) in [4.78, 5) is 0. The van der Waals surface area contributed by atoms with E-state index in [1.165, 1.54) is 13.2 Å². The minimum atomic E-state index is 0.0906. The van der Waals surface area contributed by atoms with E-state index in [-0.39, 0.29) is 11.5 Å². The third-order valence-corrected chi connectivity index (χ3v) is 2.02. The lowest BCUT2D eigenvalue weighted by atomic mass is 10.1. The first-order chi connectivity index (χ1) is 5.57. The number of phenols is 2. The molecule has 0 fully saturated rings. The Balaban J connectivity index is 3.39. The van der Waals surface area contributed by atoms with Gasteiger partial charge in [0.05, 0.1) is 7.11 Å². The Morgan fingerprint density at radius 1 is 1.17 bits per heavy atom. The van der Waals surface area contributed by atoms with E-state index >= 15 is 0 Å². The van der Waals surface area contributed by atoms with Gasteiger partial charge in [0.15, 0.2) is 11.5 Å². The predicted octanol–water partition coefficient (Wildman–Crippen LogP) is 1.72. The summed E-state index contributed by atoms with van der Waals surface area (Å²) in [5.41, 5.74) is 1.32. The lowest BCUT2D eigenvalue weighted by Crippen LogP contribution is -1.89. The molecule has 2 N–H and O–H groups in total. The van der Waals surface area contributed by atoms with Crippen molar-refractivity contribution in [1.29, 1.82) is 0 Å². The Bertz CT molecular complexity index is 305. The zero-order chi connectivity index (χ0) is 9.30. The normalized spacial score (nSPS) is 9.92. The molecule has 0 aliphatic rings. The number of methoxy groups -OCH3 is 1. The first-order valence-electron chi connectivity index (χ1n) is 3.64. The molecule has 0 saturated carbocycles. The van der Waals surface area contributed by atoms with Crippen LogP contribution in [0.1, 0.15) is 11.1 Å². The van der Waals surface area contributed by atoms with E-state index in [0.717, 1.165) is 0 Å². The predicted molar refractivity (Wildman–Crippen MR) is 45.8 cm³/mol. The second-order valence-corrected chi connectivity index (χ2v) is 2.70. The lowest BCUT2D eigenvalue weighted by Gasteiger charge is -2.09. The van der Waals surface area contributed by atoms with Crippen LogP contribution in [-0.2, 0) is 0 Å². The van der Waals surface area contributed by atoms with E-state index < -0.39 is 0 Å². The smallest absolute Gasteiger partial charge is 0.164 e. The van der Waals surface area contributed by atoms with Crippen molar-refractivity contribution in [3.8, 4) is 17.2 Å². The van der Waals surface area contributed by atoms with Gasteiger partial charge in [-0.2, -0.15) is 0 Å². The van der Waals surface area contributed by atoms with Crippen LogP contribution in [0.2, 0.25) is 0 Å². The van der Waals surface area contributed by atoms with Crippen molar-refractivity contribution >= 4 is 0 Å². The van der Waals surface area contributed by atoms with Gasteiger partial charge in [-0.25, -0.2) is 0 Å². The van der Waals surface area contributed by atoms with Crippen LogP contribution >= 0.6 is 0 Å². The molecule has 3 heteroatoms. The zero-order valence-electron chi connectivity index (χ0n) is 7.38. The molecule has 0 saturated heterocycles. The molecule has 0 unspecified atom stereocenters. The Morgan fingerprint density at radius 2 is 1.75 bits per heavy atom. The van der Waals surface area contributed by atoms with Gasteiger partial charge in [-0.05, 0) is 19.4 Å². The molecule has 0 amide bonds. The van der Waals surface area contributed by atoms with Crippen molar-refractivity contribution in [2.24, 2.45) is 0 Å². The van der Waals surface area contributed by atoms with E-state index in [9.17, 15) is 10.2 Å². The minimum absolute atomic E-state index is 0.0906. The van der Waals surface area contributed by atoms with Crippen LogP contribution in [-0.4, -0.2) is 17.3 Å². The number of hydrogen-bond acceptors (Lipinski definition) is 3. The maximum Gasteiger partial charge on any atom is 0.164 e. The first-order valence-corrected chi connectivity index (χ1v) is 3.64. The fourth-order valence-electron chi connectivity index (χ4n) is 1.01. The van der Waals surface area contributed by atoms with Crippen LogP contribution in [0.15, 0.2) is 6.07 Å². The van der Waals surface area contributed by atoms with E-state index in [0.29, 0.717) is 16.9 Å². The van der Waals surface area contributed by atoms with E-state index in [2.05, 4.69) is 0 Å². The van der Waals surface area contributed by atoms with Crippen LogP contribution in [0.5, 0.6) is 17.2 Å². The number of aromatic hydroxyl groups is 2. The second kappa shape index (κ2) is 2.93. The summed E-state index contributed by atoms with van der Waals surface area (Å²) in [6, 6.07) is 1.40. The molecule has 0 radical (unpaired) electrons. The van der Waals surface area contributed by atoms with Gasteiger partial charge in [-0.1, -0.05) is 0 Å². The Kier molecular flexibility index (Phi) is 2.13. The number of hydrogen-bond donors (Lipinski definition) is 2. The molecule has 0 aliphatic carbocycles. The van der Waals surface area contributed by atoms with Gasteiger partial charge in [0, 0.05) is 11.6 Å². The largest absolute Gasteiger partial charge is 0.508 e. The molecule has 0 atom stereocenters. The molecule has 0 heterocycles. The van der Waals surface area contributed by atoms with E-state index in [1.54, 1.807) is 13.8 Å². The molecular weight excluding hydrogens is 156 g/mol. The van der Waals surface area contributed by atoms with Crippen molar-refractivity contribution in [2.75, 3.05) is 7.11 Å². The quantitative estimate of drug-likeness (QED) is 0.628. The summed E-state index contributed by atoms with van der Waals surface area (Å²) in [5, 5.41) is 18.8. The number of benzene rings is 1. The highest BCUT2D eigenvalue weighted by atomic mass is 16.5. The van der Waals surface area contributed by atoms with E-state index in [1.807, 2.05) is 0 Å². The topological polar surface area (TPSA) is 49.7 Å². The summed E-state index contributed by atoms with van der Waals surface area (Å²) >= 11 is 0. The van der Waals surface area contributed by atoms with Crippen molar-refractivity contribution < 1.29 is 14.9 Å². The number of phenolic OH excluding ortho intramolecular Hbond substituents is 2. The molecular formula is C9H12O3. The van der Waals surface area contributed by atoms with Crippen LogP contribution in [0.4, 0.5) is 0 Å². The molecule has 0 aliphatic heterocycles. The highest BCUT2D eigenvalue weighted by molar-refractivity contribution is 5.54. The third kappa shape index (κ3) is 1.18. The second-order valence-electron chi connectivity index (χ2n) is 2.70. The van der Waals surface area contributed by atoms with Crippen molar-refractivity contribution in [3.05, 3.63) is 17.2 Å². The summed E-state index contributed by atoms with van der Waals surface area (Å²) < 4.78 is 4.85. The Morgan fingerprint density at radius 3 is 2.25 bits per heavy atom. The highest BCUT2D eigenvalue weighted by Crippen LogP contribution is 2.36. The van der Waals surface area contributed by atoms with Gasteiger partial charge in [0.2, 0.25) is 0 Å². The molecule has 1 aromatic carbocycles. The molecule has 3 nitrogen and oxygen atoms in total.